The Morgan fingerprint density at radius 3 is 2.71 bits per heavy atom. The van der Waals surface area contributed by atoms with Crippen LogP contribution in [0.2, 0.25) is 0 Å². The third kappa shape index (κ3) is 2.71. The molecule has 3 nitrogen and oxygen atoms in total. The largest absolute Gasteiger partial charge is 0.445 e. The number of hydrogen-bond acceptors (Lipinski definition) is 3. The molecule has 0 atom stereocenters. The molecule has 1 saturated carbocycles. The van der Waals surface area contributed by atoms with Crippen molar-refractivity contribution in [1.29, 1.82) is 0 Å². The van der Waals surface area contributed by atoms with Crippen LogP contribution in [0, 0.1) is 5.92 Å². The van der Waals surface area contributed by atoms with Gasteiger partial charge in [-0.25, -0.2) is 4.98 Å². The summed E-state index contributed by atoms with van der Waals surface area (Å²) in [6.07, 6.45) is 9.05. The Morgan fingerprint density at radius 1 is 1.41 bits per heavy atom. The molecule has 1 aliphatic carbocycles. The van der Waals surface area contributed by atoms with Crippen molar-refractivity contribution in [2.45, 2.75) is 57.8 Å². The lowest BCUT2D eigenvalue weighted by atomic mass is 9.77. The van der Waals surface area contributed by atoms with Crippen molar-refractivity contribution < 1.29 is 4.42 Å². The van der Waals surface area contributed by atoms with Crippen LogP contribution in [0.1, 0.15) is 57.6 Å². The van der Waals surface area contributed by atoms with E-state index in [1.165, 1.54) is 32.1 Å². The van der Waals surface area contributed by atoms with Crippen molar-refractivity contribution in [3.05, 3.63) is 17.8 Å². The summed E-state index contributed by atoms with van der Waals surface area (Å²) in [4.78, 5) is 4.36. The molecule has 96 valence electrons. The highest BCUT2D eigenvalue weighted by Crippen LogP contribution is 2.45. The van der Waals surface area contributed by atoms with Crippen LogP contribution in [-0.2, 0) is 11.8 Å². The normalized spacial score (nSPS) is 19.1. The van der Waals surface area contributed by atoms with E-state index in [9.17, 15) is 0 Å². The first kappa shape index (κ1) is 12.6. The fraction of sp³-hybridized carbons (Fsp3) is 0.786. The van der Waals surface area contributed by atoms with Crippen LogP contribution in [0.25, 0.3) is 0 Å². The molecule has 0 radical (unpaired) electrons. The standard InChI is InChI=1S/C14H24N2O/c1-11(2)9-14(6-3-4-7-14)12-10-16-13(17-12)5-8-15/h10-11H,3-9,15H2,1-2H3. The molecule has 0 spiro atoms. The predicted octanol–water partition coefficient (Wildman–Crippen LogP) is 3.03. The number of rotatable bonds is 5. The smallest absolute Gasteiger partial charge is 0.195 e. The van der Waals surface area contributed by atoms with Gasteiger partial charge in [0.05, 0.1) is 6.20 Å². The maximum absolute atomic E-state index is 5.92. The van der Waals surface area contributed by atoms with Crippen LogP contribution < -0.4 is 5.73 Å². The molecule has 0 aromatic carbocycles. The van der Waals surface area contributed by atoms with Gasteiger partial charge in [-0.05, 0) is 25.2 Å². The third-order valence-corrected chi connectivity index (χ3v) is 3.79. The van der Waals surface area contributed by atoms with E-state index in [1.807, 2.05) is 6.20 Å². The number of oxazole rings is 1. The van der Waals surface area contributed by atoms with Crippen molar-refractivity contribution in [3.8, 4) is 0 Å². The van der Waals surface area contributed by atoms with Crippen LogP contribution in [0.15, 0.2) is 10.6 Å². The zero-order chi connectivity index (χ0) is 12.3. The van der Waals surface area contributed by atoms with Gasteiger partial charge < -0.3 is 10.2 Å². The molecule has 0 unspecified atom stereocenters. The zero-order valence-corrected chi connectivity index (χ0v) is 11.0. The Bertz CT molecular complexity index is 351. The van der Waals surface area contributed by atoms with Gasteiger partial charge in [0.1, 0.15) is 5.76 Å². The Morgan fingerprint density at radius 2 is 2.12 bits per heavy atom. The lowest BCUT2D eigenvalue weighted by Crippen LogP contribution is -2.23. The number of aromatic nitrogens is 1. The minimum atomic E-state index is 0.258. The summed E-state index contributed by atoms with van der Waals surface area (Å²) in [5.41, 5.74) is 5.79. The SMILES string of the molecule is CC(C)CC1(c2cnc(CCN)o2)CCCC1. The van der Waals surface area contributed by atoms with Crippen molar-refractivity contribution in [3.63, 3.8) is 0 Å². The van der Waals surface area contributed by atoms with Crippen molar-refractivity contribution in [2.24, 2.45) is 11.7 Å². The second-order valence-corrected chi connectivity index (χ2v) is 5.74. The van der Waals surface area contributed by atoms with Gasteiger partial charge in [-0.1, -0.05) is 26.7 Å². The van der Waals surface area contributed by atoms with Crippen LogP contribution in [0.4, 0.5) is 0 Å². The predicted molar refractivity (Wildman–Crippen MR) is 68.9 cm³/mol. The molecule has 2 N–H and O–H groups in total. The van der Waals surface area contributed by atoms with Crippen molar-refractivity contribution in [1.82, 2.24) is 4.98 Å². The Kier molecular flexibility index (Phi) is 3.87. The molecule has 1 fully saturated rings. The van der Waals surface area contributed by atoms with Gasteiger partial charge in [-0.2, -0.15) is 0 Å². The molecule has 3 heteroatoms. The van der Waals surface area contributed by atoms with Crippen molar-refractivity contribution >= 4 is 0 Å². The van der Waals surface area contributed by atoms with Crippen LogP contribution in [0.3, 0.4) is 0 Å². The highest BCUT2D eigenvalue weighted by atomic mass is 16.4. The van der Waals surface area contributed by atoms with Gasteiger partial charge in [0.2, 0.25) is 0 Å². The van der Waals surface area contributed by atoms with Gasteiger partial charge >= 0.3 is 0 Å². The summed E-state index contributed by atoms with van der Waals surface area (Å²) in [5.74, 6) is 2.61. The molecular weight excluding hydrogens is 212 g/mol. The number of nitrogens with zero attached hydrogens (tertiary/aromatic N) is 1. The van der Waals surface area contributed by atoms with E-state index >= 15 is 0 Å². The molecule has 0 saturated heterocycles. The molecular formula is C14H24N2O. The van der Waals surface area contributed by atoms with Crippen LogP contribution in [0.5, 0.6) is 0 Å². The van der Waals surface area contributed by atoms with Crippen LogP contribution in [-0.4, -0.2) is 11.5 Å². The molecule has 2 rings (SSSR count). The average Bonchev–Trinajstić information content (AvgIpc) is 2.87. The van der Waals surface area contributed by atoms with E-state index in [1.54, 1.807) is 0 Å². The molecule has 17 heavy (non-hydrogen) atoms. The maximum Gasteiger partial charge on any atom is 0.195 e. The third-order valence-electron chi connectivity index (χ3n) is 3.79. The van der Waals surface area contributed by atoms with Gasteiger partial charge in [0.25, 0.3) is 0 Å². The highest BCUT2D eigenvalue weighted by Gasteiger charge is 2.39. The van der Waals surface area contributed by atoms with E-state index in [0.29, 0.717) is 12.5 Å². The summed E-state index contributed by atoms with van der Waals surface area (Å²) >= 11 is 0. The minimum absolute atomic E-state index is 0.258. The highest BCUT2D eigenvalue weighted by molar-refractivity contribution is 5.14. The quantitative estimate of drug-likeness (QED) is 0.855. The summed E-state index contributed by atoms with van der Waals surface area (Å²) in [7, 11) is 0. The fourth-order valence-electron chi connectivity index (χ4n) is 3.18. The monoisotopic (exact) mass is 236 g/mol. The zero-order valence-electron chi connectivity index (χ0n) is 11.0. The van der Waals surface area contributed by atoms with E-state index in [2.05, 4.69) is 18.8 Å². The van der Waals surface area contributed by atoms with E-state index < -0.39 is 0 Å². The summed E-state index contributed by atoms with van der Waals surface area (Å²) in [6.45, 7) is 5.19. The van der Waals surface area contributed by atoms with E-state index in [0.717, 1.165) is 18.1 Å². The van der Waals surface area contributed by atoms with Gasteiger partial charge in [-0.15, -0.1) is 0 Å². The molecule has 1 heterocycles. The first-order valence-corrected chi connectivity index (χ1v) is 6.81. The molecule has 1 aromatic rings. The topological polar surface area (TPSA) is 52.0 Å². The summed E-state index contributed by atoms with van der Waals surface area (Å²) in [6, 6.07) is 0. The van der Waals surface area contributed by atoms with Gasteiger partial charge in [-0.3, -0.25) is 0 Å². The summed E-state index contributed by atoms with van der Waals surface area (Å²) in [5, 5.41) is 0. The maximum atomic E-state index is 5.92. The first-order valence-electron chi connectivity index (χ1n) is 6.81. The molecule has 1 aromatic heterocycles. The number of nitrogens with two attached hydrogens (primary N) is 1. The van der Waals surface area contributed by atoms with E-state index in [4.69, 9.17) is 10.2 Å². The molecule has 1 aliphatic rings. The number of hydrogen-bond donors (Lipinski definition) is 1. The fourth-order valence-corrected chi connectivity index (χ4v) is 3.18. The summed E-state index contributed by atoms with van der Waals surface area (Å²) < 4.78 is 5.92. The lowest BCUT2D eigenvalue weighted by molar-refractivity contribution is 0.277. The Labute approximate surface area is 104 Å². The minimum Gasteiger partial charge on any atom is -0.445 e. The molecule has 0 bridgehead atoms. The van der Waals surface area contributed by atoms with Gasteiger partial charge in [0, 0.05) is 18.4 Å². The lowest BCUT2D eigenvalue weighted by Gasteiger charge is -2.28. The van der Waals surface area contributed by atoms with Crippen LogP contribution >= 0.6 is 0 Å². The second-order valence-electron chi connectivity index (χ2n) is 5.74. The Hall–Kier alpha value is -0.830. The molecule has 0 amide bonds. The molecule has 0 aliphatic heterocycles. The van der Waals surface area contributed by atoms with Crippen molar-refractivity contribution in [2.75, 3.05) is 6.54 Å². The first-order chi connectivity index (χ1) is 8.16. The van der Waals surface area contributed by atoms with E-state index in [-0.39, 0.29) is 5.41 Å². The second kappa shape index (κ2) is 5.21. The Balaban J connectivity index is 2.19. The van der Waals surface area contributed by atoms with Gasteiger partial charge in [0.15, 0.2) is 5.89 Å². The average molecular weight is 236 g/mol.